The van der Waals surface area contributed by atoms with Crippen LogP contribution in [0.2, 0.25) is 0 Å². The van der Waals surface area contributed by atoms with Crippen molar-refractivity contribution in [1.82, 2.24) is 4.72 Å². The van der Waals surface area contributed by atoms with E-state index in [0.717, 1.165) is 16.7 Å². The molecule has 0 aliphatic carbocycles. The second-order valence-electron chi connectivity index (χ2n) is 7.28. The third-order valence-corrected chi connectivity index (χ3v) is 6.19. The van der Waals surface area contributed by atoms with Crippen LogP contribution >= 0.6 is 0 Å². The van der Waals surface area contributed by atoms with E-state index >= 15 is 0 Å². The quantitative estimate of drug-likeness (QED) is 0.526. The van der Waals surface area contributed by atoms with Crippen molar-refractivity contribution in [3.63, 3.8) is 0 Å². The SMILES string of the molecule is COc1ccc(C(=O)OCc2ccc(-c3ccccc3)cc2)cc1S(=O)(=O)NC(C)C. The molecule has 0 amide bonds. The molecule has 6 nitrogen and oxygen atoms in total. The van der Waals surface area contributed by atoms with Gasteiger partial charge in [0.15, 0.2) is 0 Å². The van der Waals surface area contributed by atoms with Gasteiger partial charge in [-0.25, -0.2) is 17.9 Å². The molecule has 162 valence electrons. The molecule has 7 heteroatoms. The van der Waals surface area contributed by atoms with Crippen LogP contribution < -0.4 is 9.46 Å². The van der Waals surface area contributed by atoms with Crippen LogP contribution in [0.4, 0.5) is 0 Å². The third kappa shape index (κ3) is 5.71. The smallest absolute Gasteiger partial charge is 0.338 e. The second-order valence-corrected chi connectivity index (χ2v) is 8.96. The molecule has 0 atom stereocenters. The van der Waals surface area contributed by atoms with Crippen molar-refractivity contribution >= 4 is 16.0 Å². The Balaban J connectivity index is 1.73. The van der Waals surface area contributed by atoms with Crippen LogP contribution in [-0.4, -0.2) is 27.5 Å². The molecule has 0 spiro atoms. The molecule has 0 radical (unpaired) electrons. The molecular weight excluding hydrogens is 414 g/mol. The number of carbonyl (C=O) groups excluding carboxylic acids is 1. The zero-order valence-corrected chi connectivity index (χ0v) is 18.5. The lowest BCUT2D eigenvalue weighted by Crippen LogP contribution is -2.30. The number of ether oxygens (including phenoxy) is 2. The maximum Gasteiger partial charge on any atom is 0.338 e. The van der Waals surface area contributed by atoms with Gasteiger partial charge in [0, 0.05) is 6.04 Å². The molecule has 0 aromatic heterocycles. The zero-order chi connectivity index (χ0) is 22.4. The minimum Gasteiger partial charge on any atom is -0.495 e. The number of hydrogen-bond donors (Lipinski definition) is 1. The third-order valence-electron chi connectivity index (χ3n) is 4.51. The molecule has 3 aromatic rings. The van der Waals surface area contributed by atoms with Gasteiger partial charge in [-0.1, -0.05) is 54.6 Å². The van der Waals surface area contributed by atoms with Gasteiger partial charge in [0.25, 0.3) is 0 Å². The lowest BCUT2D eigenvalue weighted by molar-refractivity contribution is 0.0472. The monoisotopic (exact) mass is 439 g/mol. The van der Waals surface area contributed by atoms with E-state index in [2.05, 4.69) is 4.72 Å². The molecule has 1 N–H and O–H groups in total. The van der Waals surface area contributed by atoms with Gasteiger partial charge in [-0.15, -0.1) is 0 Å². The van der Waals surface area contributed by atoms with Gasteiger partial charge in [0.1, 0.15) is 17.3 Å². The summed E-state index contributed by atoms with van der Waals surface area (Å²) in [5.41, 5.74) is 3.13. The first kappa shape index (κ1) is 22.5. The summed E-state index contributed by atoms with van der Waals surface area (Å²) < 4.78 is 38.2. The summed E-state index contributed by atoms with van der Waals surface area (Å²) in [6.45, 7) is 3.50. The Morgan fingerprint density at radius 1 is 0.935 bits per heavy atom. The molecule has 0 aliphatic rings. The number of nitrogens with one attached hydrogen (secondary N) is 1. The molecular formula is C24H25NO5S. The number of esters is 1. The lowest BCUT2D eigenvalue weighted by Gasteiger charge is -2.14. The number of sulfonamides is 1. The topological polar surface area (TPSA) is 81.7 Å². The predicted molar refractivity (Wildman–Crippen MR) is 119 cm³/mol. The number of methoxy groups -OCH3 is 1. The predicted octanol–water partition coefficient (Wildman–Crippen LogP) is 4.41. The highest BCUT2D eigenvalue weighted by molar-refractivity contribution is 7.89. The van der Waals surface area contributed by atoms with Gasteiger partial charge in [0.2, 0.25) is 10.0 Å². The van der Waals surface area contributed by atoms with Gasteiger partial charge < -0.3 is 9.47 Å². The molecule has 0 fully saturated rings. The highest BCUT2D eigenvalue weighted by Gasteiger charge is 2.23. The fourth-order valence-corrected chi connectivity index (χ4v) is 4.49. The summed E-state index contributed by atoms with van der Waals surface area (Å²) in [7, 11) is -2.46. The summed E-state index contributed by atoms with van der Waals surface area (Å²) in [5.74, 6) is -0.461. The average Bonchev–Trinajstić information content (AvgIpc) is 2.77. The fraction of sp³-hybridized carbons (Fsp3) is 0.208. The Kier molecular flexibility index (Phi) is 7.09. The maximum atomic E-state index is 12.6. The molecule has 0 heterocycles. The first-order valence-corrected chi connectivity index (χ1v) is 11.3. The van der Waals surface area contributed by atoms with Gasteiger partial charge >= 0.3 is 5.97 Å². The molecule has 0 saturated carbocycles. The molecule has 0 bridgehead atoms. The van der Waals surface area contributed by atoms with E-state index in [4.69, 9.17) is 9.47 Å². The highest BCUT2D eigenvalue weighted by Crippen LogP contribution is 2.26. The lowest BCUT2D eigenvalue weighted by atomic mass is 10.0. The van der Waals surface area contributed by atoms with E-state index in [1.54, 1.807) is 13.8 Å². The summed E-state index contributed by atoms with van der Waals surface area (Å²) >= 11 is 0. The van der Waals surface area contributed by atoms with Crippen LogP contribution in [0.5, 0.6) is 5.75 Å². The van der Waals surface area contributed by atoms with E-state index in [1.807, 2.05) is 54.6 Å². The first-order chi connectivity index (χ1) is 14.8. The molecule has 3 aromatic carbocycles. The van der Waals surface area contributed by atoms with E-state index < -0.39 is 16.0 Å². The second kappa shape index (κ2) is 9.76. The molecule has 0 saturated heterocycles. The van der Waals surface area contributed by atoms with Crippen LogP contribution in [0.3, 0.4) is 0 Å². The molecule has 3 rings (SSSR count). The summed E-state index contributed by atoms with van der Waals surface area (Å²) in [6.07, 6.45) is 0. The van der Waals surface area contributed by atoms with Crippen LogP contribution in [0.15, 0.2) is 77.7 Å². The van der Waals surface area contributed by atoms with E-state index in [0.29, 0.717) is 0 Å². The summed E-state index contributed by atoms with van der Waals surface area (Å²) in [6, 6.07) is 21.6. The van der Waals surface area contributed by atoms with Crippen molar-refractivity contribution in [2.75, 3.05) is 7.11 Å². The number of hydrogen-bond acceptors (Lipinski definition) is 5. The standard InChI is InChI=1S/C24H25NO5S/c1-17(2)25-31(27,28)23-15-21(13-14-22(23)29-3)24(26)30-16-18-9-11-20(12-10-18)19-7-5-4-6-8-19/h4-15,17,25H,16H2,1-3H3. The van der Waals surface area contributed by atoms with Crippen molar-refractivity contribution in [3.8, 4) is 16.9 Å². The normalized spacial score (nSPS) is 11.4. The van der Waals surface area contributed by atoms with Crippen LogP contribution in [0, 0.1) is 0 Å². The Bertz CT molecular complexity index is 1140. The Hall–Kier alpha value is -3.16. The number of rotatable bonds is 8. The van der Waals surface area contributed by atoms with Crippen LogP contribution in [0.25, 0.3) is 11.1 Å². The molecule has 0 aliphatic heterocycles. The summed E-state index contributed by atoms with van der Waals surface area (Å²) in [5, 5.41) is 0. The average molecular weight is 440 g/mol. The molecule has 31 heavy (non-hydrogen) atoms. The van der Waals surface area contributed by atoms with Gasteiger partial charge in [0.05, 0.1) is 12.7 Å². The van der Waals surface area contributed by atoms with Crippen molar-refractivity contribution in [2.24, 2.45) is 0 Å². The minimum absolute atomic E-state index is 0.0757. The number of benzene rings is 3. The Morgan fingerprint density at radius 3 is 2.19 bits per heavy atom. The number of carbonyl (C=O) groups is 1. The molecule has 0 unspecified atom stereocenters. The van der Waals surface area contributed by atoms with Crippen molar-refractivity contribution in [1.29, 1.82) is 0 Å². The fourth-order valence-electron chi connectivity index (χ4n) is 3.04. The maximum absolute atomic E-state index is 12.6. The van der Waals surface area contributed by atoms with Crippen LogP contribution in [0.1, 0.15) is 29.8 Å². The minimum atomic E-state index is -3.84. The Labute approximate surface area is 182 Å². The van der Waals surface area contributed by atoms with Gasteiger partial charge in [-0.2, -0.15) is 0 Å². The Morgan fingerprint density at radius 2 is 1.58 bits per heavy atom. The zero-order valence-electron chi connectivity index (χ0n) is 17.7. The van der Waals surface area contributed by atoms with Crippen molar-refractivity contribution < 1.29 is 22.7 Å². The van der Waals surface area contributed by atoms with Crippen molar-refractivity contribution in [2.45, 2.75) is 31.4 Å². The van der Waals surface area contributed by atoms with E-state index in [-0.39, 0.29) is 28.9 Å². The van der Waals surface area contributed by atoms with Gasteiger partial charge in [-0.3, -0.25) is 0 Å². The van der Waals surface area contributed by atoms with Gasteiger partial charge in [-0.05, 0) is 48.7 Å². The van der Waals surface area contributed by atoms with E-state index in [9.17, 15) is 13.2 Å². The highest BCUT2D eigenvalue weighted by atomic mass is 32.2. The van der Waals surface area contributed by atoms with E-state index in [1.165, 1.54) is 25.3 Å². The largest absolute Gasteiger partial charge is 0.495 e. The van der Waals surface area contributed by atoms with Crippen molar-refractivity contribution in [3.05, 3.63) is 83.9 Å². The summed E-state index contributed by atoms with van der Waals surface area (Å²) in [4.78, 5) is 12.4. The van der Waals surface area contributed by atoms with Crippen LogP contribution in [-0.2, 0) is 21.4 Å². The first-order valence-electron chi connectivity index (χ1n) is 9.82.